The monoisotopic (exact) mass is 485 g/mol. The van der Waals surface area contributed by atoms with Crippen LogP contribution in [-0.2, 0) is 16.4 Å². The highest BCUT2D eigenvalue weighted by Gasteiger charge is 2.55. The summed E-state index contributed by atoms with van der Waals surface area (Å²) in [6.07, 6.45) is -3.01. The van der Waals surface area contributed by atoms with Crippen LogP contribution in [0.3, 0.4) is 0 Å². The first-order valence-electron chi connectivity index (χ1n) is 11.4. The fraction of sp³-hybridized carbons (Fsp3) is 0.360. The van der Waals surface area contributed by atoms with Gasteiger partial charge in [0.15, 0.2) is 17.3 Å². The molecule has 1 aromatic heterocycles. The second kappa shape index (κ2) is 7.93. The zero-order valence-electron chi connectivity index (χ0n) is 18.7. The van der Waals surface area contributed by atoms with E-state index in [0.717, 1.165) is 17.7 Å². The van der Waals surface area contributed by atoms with Crippen LogP contribution >= 0.6 is 0 Å². The molecule has 0 radical (unpaired) electrons. The lowest BCUT2D eigenvalue weighted by Gasteiger charge is -2.37. The zero-order valence-corrected chi connectivity index (χ0v) is 18.7. The third-order valence-corrected chi connectivity index (χ3v) is 6.92. The van der Waals surface area contributed by atoms with Crippen LogP contribution in [0.15, 0.2) is 53.1 Å². The van der Waals surface area contributed by atoms with E-state index >= 15 is 0 Å². The minimum atomic E-state index is -4.39. The van der Waals surface area contributed by atoms with Crippen LogP contribution in [0.25, 0.3) is 11.3 Å². The first kappa shape index (κ1) is 21.8. The van der Waals surface area contributed by atoms with Crippen LogP contribution in [-0.4, -0.2) is 48.9 Å². The summed E-state index contributed by atoms with van der Waals surface area (Å²) >= 11 is 0. The Balaban J connectivity index is 1.14. The number of hydrogen-bond acceptors (Lipinski definition) is 6. The summed E-state index contributed by atoms with van der Waals surface area (Å²) in [6.45, 7) is 1.97. The first-order chi connectivity index (χ1) is 16.8. The van der Waals surface area contributed by atoms with E-state index in [4.69, 9.17) is 14.0 Å². The van der Waals surface area contributed by atoms with Crippen molar-refractivity contribution < 1.29 is 32.0 Å². The summed E-state index contributed by atoms with van der Waals surface area (Å²) < 4.78 is 55.6. The lowest BCUT2D eigenvalue weighted by atomic mass is 9.99. The van der Waals surface area contributed by atoms with Crippen LogP contribution in [0.2, 0.25) is 0 Å². The second-order valence-corrected chi connectivity index (χ2v) is 9.05. The topological polar surface area (TPSA) is 68.0 Å². The highest BCUT2D eigenvalue weighted by atomic mass is 19.4. The highest BCUT2D eigenvalue weighted by molar-refractivity contribution is 5.91. The minimum absolute atomic E-state index is 0.00766. The lowest BCUT2D eigenvalue weighted by Crippen LogP contribution is -2.51. The summed E-state index contributed by atoms with van der Waals surface area (Å²) in [6, 6.07) is 12.6. The molecular formula is C25H22F3N3O4. The Morgan fingerprint density at radius 3 is 2.46 bits per heavy atom. The van der Waals surface area contributed by atoms with Crippen molar-refractivity contribution in [3.05, 3.63) is 59.8 Å². The normalized spacial score (nSPS) is 18.6. The summed E-state index contributed by atoms with van der Waals surface area (Å²) in [7, 11) is 0. The predicted molar refractivity (Wildman–Crippen MR) is 119 cm³/mol. The van der Waals surface area contributed by atoms with Crippen molar-refractivity contribution in [3.63, 3.8) is 0 Å². The Labute approximate surface area is 199 Å². The van der Waals surface area contributed by atoms with E-state index in [-0.39, 0.29) is 12.7 Å². The number of carbonyl (C=O) groups is 1. The quantitative estimate of drug-likeness (QED) is 0.543. The Hall–Kier alpha value is -3.69. The van der Waals surface area contributed by atoms with Gasteiger partial charge in [-0.25, -0.2) is 0 Å². The number of alkyl halides is 3. The molecule has 0 atom stereocenters. The third-order valence-electron chi connectivity index (χ3n) is 6.92. The Kier molecular flexibility index (Phi) is 4.94. The molecule has 6 rings (SSSR count). The van der Waals surface area contributed by atoms with Gasteiger partial charge in [0.25, 0.3) is 0 Å². The average Bonchev–Trinajstić information content (AvgIpc) is 3.28. The van der Waals surface area contributed by atoms with Crippen molar-refractivity contribution in [2.24, 2.45) is 0 Å². The molecular weight excluding hydrogens is 463 g/mol. The number of aromatic nitrogens is 1. The summed E-state index contributed by atoms with van der Waals surface area (Å²) in [4.78, 5) is 17.1. The number of nitrogens with zero attached hydrogens (tertiary/aromatic N) is 3. The number of carbonyl (C=O) groups excluding carboxylic acids is 1. The summed E-state index contributed by atoms with van der Waals surface area (Å²) in [5.74, 6) is 1.85. The molecule has 0 N–H and O–H groups in total. The second-order valence-electron chi connectivity index (χ2n) is 9.05. The van der Waals surface area contributed by atoms with Crippen LogP contribution in [0.5, 0.6) is 11.5 Å². The molecule has 7 nitrogen and oxygen atoms in total. The molecule has 182 valence electrons. The zero-order chi connectivity index (χ0) is 24.2. The van der Waals surface area contributed by atoms with E-state index in [1.165, 1.54) is 6.07 Å². The summed E-state index contributed by atoms with van der Waals surface area (Å²) in [5.41, 5.74) is 0.533. The number of fused-ring (bicyclic) bond motifs is 1. The van der Waals surface area contributed by atoms with Gasteiger partial charge in [0.2, 0.25) is 12.7 Å². The largest absolute Gasteiger partial charge is 0.454 e. The van der Waals surface area contributed by atoms with Crippen molar-refractivity contribution >= 4 is 11.6 Å². The Bertz CT molecular complexity index is 1280. The molecule has 3 aliphatic rings. The molecule has 35 heavy (non-hydrogen) atoms. The molecule has 3 heterocycles. The van der Waals surface area contributed by atoms with E-state index in [1.807, 2.05) is 23.1 Å². The molecule has 0 spiro atoms. The molecule has 0 unspecified atom stereocenters. The fourth-order valence-electron chi connectivity index (χ4n) is 4.74. The molecule has 2 aliphatic heterocycles. The van der Waals surface area contributed by atoms with Gasteiger partial charge in [0.05, 0.1) is 16.7 Å². The molecule has 1 saturated carbocycles. The van der Waals surface area contributed by atoms with Crippen molar-refractivity contribution in [1.82, 2.24) is 10.1 Å². The molecule has 10 heteroatoms. The molecule has 3 aromatic rings. The fourth-order valence-corrected chi connectivity index (χ4v) is 4.74. The maximum atomic E-state index is 13.5. The van der Waals surface area contributed by atoms with Crippen molar-refractivity contribution in [1.29, 1.82) is 0 Å². The molecule has 1 amide bonds. The van der Waals surface area contributed by atoms with Gasteiger partial charge >= 0.3 is 6.18 Å². The molecule has 1 aliphatic carbocycles. The van der Waals surface area contributed by atoms with Gasteiger partial charge in [0, 0.05) is 43.5 Å². The smallest absolute Gasteiger partial charge is 0.416 e. The minimum Gasteiger partial charge on any atom is -0.454 e. The average molecular weight is 485 g/mol. The van der Waals surface area contributed by atoms with E-state index in [2.05, 4.69) is 5.16 Å². The Morgan fingerprint density at radius 1 is 0.943 bits per heavy atom. The van der Waals surface area contributed by atoms with Gasteiger partial charge < -0.3 is 23.8 Å². The van der Waals surface area contributed by atoms with Crippen LogP contribution in [0.4, 0.5) is 18.9 Å². The lowest BCUT2D eigenvalue weighted by molar-refractivity contribution is -0.137. The highest BCUT2D eigenvalue weighted by Crippen LogP contribution is 2.50. The van der Waals surface area contributed by atoms with Crippen molar-refractivity contribution in [2.45, 2.75) is 24.4 Å². The van der Waals surface area contributed by atoms with E-state index in [1.54, 1.807) is 17.0 Å². The predicted octanol–water partition coefficient (Wildman–Crippen LogP) is 4.47. The van der Waals surface area contributed by atoms with Crippen LogP contribution in [0.1, 0.15) is 24.1 Å². The molecule has 2 fully saturated rings. The SMILES string of the molecule is O=C(N1CCN(c2cccc(C(F)(F)F)c2)CC1)C1(c2cc(-c3ccc4c(c3)OCO4)on2)CC1. The van der Waals surface area contributed by atoms with Crippen molar-refractivity contribution in [3.8, 4) is 22.8 Å². The number of ether oxygens (including phenoxy) is 2. The number of piperazine rings is 1. The van der Waals surface area contributed by atoms with Crippen LogP contribution in [0, 0.1) is 0 Å². The van der Waals surface area contributed by atoms with E-state index in [9.17, 15) is 18.0 Å². The maximum Gasteiger partial charge on any atom is 0.416 e. The molecule has 2 aromatic carbocycles. The van der Waals surface area contributed by atoms with Gasteiger partial charge in [0.1, 0.15) is 0 Å². The van der Waals surface area contributed by atoms with Gasteiger partial charge in [-0.3, -0.25) is 4.79 Å². The number of benzene rings is 2. The van der Waals surface area contributed by atoms with Crippen molar-refractivity contribution in [2.75, 3.05) is 37.9 Å². The number of rotatable bonds is 4. The number of hydrogen-bond donors (Lipinski definition) is 0. The molecule has 1 saturated heterocycles. The van der Waals surface area contributed by atoms with Gasteiger partial charge in [-0.05, 0) is 49.2 Å². The Morgan fingerprint density at radius 2 is 1.71 bits per heavy atom. The number of halogens is 3. The summed E-state index contributed by atoms with van der Waals surface area (Å²) in [5, 5.41) is 4.22. The molecule has 0 bridgehead atoms. The van der Waals surface area contributed by atoms with Gasteiger partial charge in [-0.2, -0.15) is 13.2 Å². The van der Waals surface area contributed by atoms with E-state index < -0.39 is 17.2 Å². The van der Waals surface area contributed by atoms with Crippen LogP contribution < -0.4 is 14.4 Å². The van der Waals surface area contributed by atoms with Gasteiger partial charge in [-0.1, -0.05) is 11.2 Å². The number of anilines is 1. The maximum absolute atomic E-state index is 13.5. The van der Waals surface area contributed by atoms with E-state index in [0.29, 0.717) is 67.7 Å². The third kappa shape index (κ3) is 3.86. The first-order valence-corrected chi connectivity index (χ1v) is 11.4. The van der Waals surface area contributed by atoms with Gasteiger partial charge in [-0.15, -0.1) is 0 Å². The number of amides is 1. The standard InChI is InChI=1S/C25H22F3N3O4/c26-25(27,28)17-2-1-3-18(13-17)30-8-10-31(11-9-30)23(32)24(6-7-24)22-14-20(35-29-22)16-4-5-19-21(12-16)34-15-33-19/h1-5,12-14H,6-11,15H2.